The number of nitrogens with zero attached hydrogens (tertiary/aromatic N) is 1. The summed E-state index contributed by atoms with van der Waals surface area (Å²) in [6, 6.07) is 5.55. The highest BCUT2D eigenvalue weighted by Gasteiger charge is 2.22. The van der Waals surface area contributed by atoms with Crippen LogP contribution in [-0.2, 0) is 9.47 Å². The molecule has 1 aliphatic rings. The fraction of sp³-hybridized carbons (Fsp3) is 0.444. The van der Waals surface area contributed by atoms with E-state index in [1.54, 1.807) is 6.20 Å². The molecule has 1 N–H and O–H groups in total. The summed E-state index contributed by atoms with van der Waals surface area (Å²) in [6.45, 7) is 0.614. The van der Waals surface area contributed by atoms with Gasteiger partial charge in [0.25, 0.3) is 0 Å². The van der Waals surface area contributed by atoms with Gasteiger partial charge in [-0.3, -0.25) is 4.98 Å². The van der Waals surface area contributed by atoms with Crippen LogP contribution in [0.3, 0.4) is 0 Å². The molecular formula is C9H11NO3. The summed E-state index contributed by atoms with van der Waals surface area (Å²) in [6.07, 6.45) is 0.747. The molecule has 0 aromatic carbocycles. The van der Waals surface area contributed by atoms with Gasteiger partial charge in [-0.1, -0.05) is 6.07 Å². The maximum absolute atomic E-state index is 9.10. The Bertz CT molecular complexity index is 257. The van der Waals surface area contributed by atoms with Crippen molar-refractivity contribution >= 4 is 0 Å². The molecule has 0 radical (unpaired) electrons. The molecular weight excluding hydrogens is 170 g/mol. The molecule has 1 aliphatic heterocycles. The van der Waals surface area contributed by atoms with Crippen LogP contribution in [-0.4, -0.2) is 29.4 Å². The minimum atomic E-state index is -0.514. The molecule has 4 heteroatoms. The SMILES string of the molecule is OC1COC(c2ccccn2)OC1. The van der Waals surface area contributed by atoms with Crippen molar-refractivity contribution in [2.24, 2.45) is 0 Å². The molecule has 0 atom stereocenters. The Morgan fingerprint density at radius 3 is 2.69 bits per heavy atom. The van der Waals surface area contributed by atoms with Crippen molar-refractivity contribution in [2.45, 2.75) is 12.4 Å². The van der Waals surface area contributed by atoms with Gasteiger partial charge in [0.15, 0.2) is 0 Å². The predicted molar refractivity (Wildman–Crippen MR) is 44.9 cm³/mol. The van der Waals surface area contributed by atoms with Crippen molar-refractivity contribution in [3.05, 3.63) is 30.1 Å². The van der Waals surface area contributed by atoms with Crippen molar-refractivity contribution in [1.29, 1.82) is 0 Å². The molecule has 1 aromatic heterocycles. The summed E-state index contributed by atoms with van der Waals surface area (Å²) < 4.78 is 10.5. The molecule has 13 heavy (non-hydrogen) atoms. The maximum atomic E-state index is 9.10. The van der Waals surface area contributed by atoms with Gasteiger partial charge in [0.05, 0.1) is 18.9 Å². The average molecular weight is 181 g/mol. The van der Waals surface area contributed by atoms with Gasteiger partial charge in [-0.05, 0) is 12.1 Å². The third kappa shape index (κ3) is 2.03. The van der Waals surface area contributed by atoms with Crippen LogP contribution in [0.4, 0.5) is 0 Å². The van der Waals surface area contributed by atoms with Crippen molar-refractivity contribution in [3.8, 4) is 0 Å². The van der Waals surface area contributed by atoms with Gasteiger partial charge in [-0.15, -0.1) is 0 Å². The highest BCUT2D eigenvalue weighted by Crippen LogP contribution is 2.20. The summed E-state index contributed by atoms with van der Waals surface area (Å²) in [5.41, 5.74) is 0.745. The molecule has 70 valence electrons. The molecule has 1 saturated heterocycles. The third-order valence-corrected chi connectivity index (χ3v) is 1.81. The fourth-order valence-corrected chi connectivity index (χ4v) is 1.18. The molecule has 0 unspecified atom stereocenters. The van der Waals surface area contributed by atoms with Crippen molar-refractivity contribution in [3.63, 3.8) is 0 Å². The number of hydrogen-bond acceptors (Lipinski definition) is 4. The topological polar surface area (TPSA) is 51.6 Å². The van der Waals surface area contributed by atoms with E-state index in [1.807, 2.05) is 18.2 Å². The van der Waals surface area contributed by atoms with Crippen LogP contribution in [0.15, 0.2) is 24.4 Å². The van der Waals surface area contributed by atoms with Crippen molar-refractivity contribution in [2.75, 3.05) is 13.2 Å². The van der Waals surface area contributed by atoms with Crippen LogP contribution in [0.5, 0.6) is 0 Å². The number of ether oxygens (including phenoxy) is 2. The second kappa shape index (κ2) is 3.83. The van der Waals surface area contributed by atoms with Gasteiger partial charge >= 0.3 is 0 Å². The molecule has 1 aromatic rings. The first-order chi connectivity index (χ1) is 6.36. The highest BCUT2D eigenvalue weighted by molar-refractivity contribution is 5.05. The molecule has 0 spiro atoms. The molecule has 2 heterocycles. The molecule has 2 rings (SSSR count). The molecule has 0 saturated carbocycles. The second-order valence-corrected chi connectivity index (χ2v) is 2.91. The monoisotopic (exact) mass is 181 g/mol. The lowest BCUT2D eigenvalue weighted by molar-refractivity contribution is -0.222. The highest BCUT2D eigenvalue weighted by atomic mass is 16.7. The fourth-order valence-electron chi connectivity index (χ4n) is 1.18. The van der Waals surface area contributed by atoms with Gasteiger partial charge in [0.2, 0.25) is 6.29 Å². The molecule has 0 aliphatic carbocycles. The molecule has 0 amide bonds. The summed E-state index contributed by atoms with van der Waals surface area (Å²) in [4.78, 5) is 4.10. The zero-order valence-electron chi connectivity index (χ0n) is 7.09. The lowest BCUT2D eigenvalue weighted by Crippen LogP contribution is -2.31. The third-order valence-electron chi connectivity index (χ3n) is 1.81. The zero-order valence-corrected chi connectivity index (χ0v) is 7.09. The largest absolute Gasteiger partial charge is 0.388 e. The van der Waals surface area contributed by atoms with Crippen LogP contribution in [0.1, 0.15) is 12.0 Å². The summed E-state index contributed by atoms with van der Waals surface area (Å²) in [5.74, 6) is 0. The van der Waals surface area contributed by atoms with E-state index < -0.39 is 12.4 Å². The number of aromatic nitrogens is 1. The first-order valence-corrected chi connectivity index (χ1v) is 4.18. The minimum Gasteiger partial charge on any atom is -0.388 e. The van der Waals surface area contributed by atoms with E-state index >= 15 is 0 Å². The number of aliphatic hydroxyl groups is 1. The first kappa shape index (κ1) is 8.62. The first-order valence-electron chi connectivity index (χ1n) is 4.18. The number of hydrogen-bond donors (Lipinski definition) is 1. The quantitative estimate of drug-likeness (QED) is 0.685. The van der Waals surface area contributed by atoms with Crippen LogP contribution < -0.4 is 0 Å². The van der Waals surface area contributed by atoms with Crippen LogP contribution in [0.2, 0.25) is 0 Å². The van der Waals surface area contributed by atoms with Gasteiger partial charge in [-0.25, -0.2) is 0 Å². The standard InChI is InChI=1S/C9H11NO3/c11-7-5-12-9(13-6-7)8-3-1-2-4-10-8/h1-4,7,9,11H,5-6H2. The van der Waals surface area contributed by atoms with Gasteiger partial charge < -0.3 is 14.6 Å². The van der Waals surface area contributed by atoms with Crippen LogP contribution in [0.25, 0.3) is 0 Å². The maximum Gasteiger partial charge on any atom is 0.201 e. The molecule has 4 nitrogen and oxygen atoms in total. The smallest absolute Gasteiger partial charge is 0.201 e. The van der Waals surface area contributed by atoms with Crippen molar-refractivity contribution in [1.82, 2.24) is 4.98 Å². The molecule has 0 bridgehead atoms. The van der Waals surface area contributed by atoms with Crippen molar-refractivity contribution < 1.29 is 14.6 Å². The van der Waals surface area contributed by atoms with E-state index in [0.717, 1.165) is 5.69 Å². The van der Waals surface area contributed by atoms with Gasteiger partial charge in [0, 0.05) is 6.20 Å². The Morgan fingerprint density at radius 1 is 1.31 bits per heavy atom. The van der Waals surface area contributed by atoms with E-state index in [2.05, 4.69) is 4.98 Å². The Labute approximate surface area is 76.1 Å². The normalized spacial score (nSPS) is 28.7. The van der Waals surface area contributed by atoms with Gasteiger partial charge in [0.1, 0.15) is 6.10 Å². The second-order valence-electron chi connectivity index (χ2n) is 2.91. The van der Waals surface area contributed by atoms with E-state index in [4.69, 9.17) is 14.6 Å². The summed E-state index contributed by atoms with van der Waals surface area (Å²) in [5, 5.41) is 9.10. The number of pyridine rings is 1. The van der Waals surface area contributed by atoms with Crippen LogP contribution in [0, 0.1) is 0 Å². The molecule has 1 fully saturated rings. The average Bonchev–Trinajstić information content (AvgIpc) is 2.20. The Kier molecular flexibility index (Phi) is 2.54. The Morgan fingerprint density at radius 2 is 2.08 bits per heavy atom. The summed E-state index contributed by atoms with van der Waals surface area (Å²) >= 11 is 0. The number of rotatable bonds is 1. The van der Waals surface area contributed by atoms with E-state index in [-0.39, 0.29) is 0 Å². The predicted octanol–water partition coefficient (Wildman–Crippen LogP) is 0.488. The van der Waals surface area contributed by atoms with E-state index in [0.29, 0.717) is 13.2 Å². The lowest BCUT2D eigenvalue weighted by Gasteiger charge is -2.25. The Hall–Kier alpha value is -0.970. The summed E-state index contributed by atoms with van der Waals surface area (Å²) in [7, 11) is 0. The van der Waals surface area contributed by atoms with E-state index in [9.17, 15) is 0 Å². The zero-order chi connectivity index (χ0) is 9.10. The van der Waals surface area contributed by atoms with E-state index in [1.165, 1.54) is 0 Å². The lowest BCUT2D eigenvalue weighted by atomic mass is 10.3. The van der Waals surface area contributed by atoms with Crippen LogP contribution >= 0.6 is 0 Å². The van der Waals surface area contributed by atoms with Gasteiger partial charge in [-0.2, -0.15) is 0 Å². The number of aliphatic hydroxyl groups excluding tert-OH is 1. The minimum absolute atomic E-state index is 0.307. The Balaban J connectivity index is 2.03.